The predicted molar refractivity (Wildman–Crippen MR) is 84.2 cm³/mol. The molecule has 1 unspecified atom stereocenters. The number of rotatable bonds is 6. The van der Waals surface area contributed by atoms with Crippen LogP contribution in [0.1, 0.15) is 30.4 Å². The molecule has 0 aliphatic carbocycles. The summed E-state index contributed by atoms with van der Waals surface area (Å²) in [5, 5.41) is 0. The van der Waals surface area contributed by atoms with Crippen molar-refractivity contribution in [3.05, 3.63) is 29.3 Å². The molecule has 1 aromatic rings. The molecule has 1 fully saturated rings. The first-order valence-electron chi connectivity index (χ1n) is 7.81. The van der Waals surface area contributed by atoms with E-state index in [1.807, 2.05) is 0 Å². The van der Waals surface area contributed by atoms with Gasteiger partial charge in [0.15, 0.2) is 0 Å². The van der Waals surface area contributed by atoms with Crippen LogP contribution < -0.4 is 10.5 Å². The van der Waals surface area contributed by atoms with Crippen LogP contribution >= 0.6 is 0 Å². The SMILES string of the molecule is Cc1ccc(C)c(OCCCN2CCCC(CN)C2)c1. The minimum absolute atomic E-state index is 0.698. The van der Waals surface area contributed by atoms with Crippen molar-refractivity contribution in [2.24, 2.45) is 11.7 Å². The molecule has 1 saturated heterocycles. The standard InChI is InChI=1S/C17H28N2O/c1-14-6-7-15(2)17(11-14)20-10-4-9-19-8-3-5-16(12-18)13-19/h6-7,11,16H,3-5,8-10,12-13,18H2,1-2H3. The van der Waals surface area contributed by atoms with Crippen LogP contribution in [0.2, 0.25) is 0 Å². The second-order valence-electron chi connectivity index (χ2n) is 6.02. The average Bonchev–Trinajstić information content (AvgIpc) is 2.47. The fraction of sp³-hybridized carbons (Fsp3) is 0.647. The van der Waals surface area contributed by atoms with Gasteiger partial charge in [-0.25, -0.2) is 0 Å². The summed E-state index contributed by atoms with van der Waals surface area (Å²) in [5.41, 5.74) is 8.25. The summed E-state index contributed by atoms with van der Waals surface area (Å²) < 4.78 is 5.91. The molecule has 2 N–H and O–H groups in total. The number of aryl methyl sites for hydroxylation is 2. The summed E-state index contributed by atoms with van der Waals surface area (Å²) >= 11 is 0. The van der Waals surface area contributed by atoms with Crippen LogP contribution in [0.25, 0.3) is 0 Å². The van der Waals surface area contributed by atoms with Gasteiger partial charge in [-0.3, -0.25) is 0 Å². The van der Waals surface area contributed by atoms with Crippen LogP contribution in [0.5, 0.6) is 5.75 Å². The molecule has 1 aliphatic rings. The highest BCUT2D eigenvalue weighted by atomic mass is 16.5. The molecular formula is C17H28N2O. The van der Waals surface area contributed by atoms with Crippen LogP contribution in [-0.2, 0) is 0 Å². The first-order valence-corrected chi connectivity index (χ1v) is 7.81. The van der Waals surface area contributed by atoms with Crippen LogP contribution in [0, 0.1) is 19.8 Å². The molecule has 2 rings (SSSR count). The van der Waals surface area contributed by atoms with Gasteiger partial charge in [-0.15, -0.1) is 0 Å². The van der Waals surface area contributed by atoms with Crippen LogP contribution in [0.3, 0.4) is 0 Å². The maximum absolute atomic E-state index is 5.91. The minimum atomic E-state index is 0.698. The monoisotopic (exact) mass is 276 g/mol. The number of benzene rings is 1. The fourth-order valence-electron chi connectivity index (χ4n) is 2.88. The van der Waals surface area contributed by atoms with Gasteiger partial charge in [0.25, 0.3) is 0 Å². The quantitative estimate of drug-likeness (QED) is 0.812. The van der Waals surface area contributed by atoms with Crippen molar-refractivity contribution in [2.75, 3.05) is 32.8 Å². The van der Waals surface area contributed by atoms with Crippen molar-refractivity contribution >= 4 is 0 Å². The Balaban J connectivity index is 1.69. The van der Waals surface area contributed by atoms with E-state index in [1.165, 1.54) is 37.1 Å². The highest BCUT2D eigenvalue weighted by Gasteiger charge is 2.17. The van der Waals surface area contributed by atoms with Crippen molar-refractivity contribution < 1.29 is 4.74 Å². The molecule has 0 aromatic heterocycles. The molecule has 112 valence electrons. The largest absolute Gasteiger partial charge is 0.493 e. The first-order chi connectivity index (χ1) is 9.69. The summed E-state index contributed by atoms with van der Waals surface area (Å²) in [5.74, 6) is 1.73. The van der Waals surface area contributed by atoms with Crippen LogP contribution in [0.15, 0.2) is 18.2 Å². The van der Waals surface area contributed by atoms with Crippen molar-refractivity contribution in [1.82, 2.24) is 4.90 Å². The second kappa shape index (κ2) is 7.65. The Labute approximate surface area is 123 Å². The van der Waals surface area contributed by atoms with Crippen molar-refractivity contribution in [2.45, 2.75) is 33.1 Å². The average molecular weight is 276 g/mol. The van der Waals surface area contributed by atoms with Gasteiger partial charge in [-0.2, -0.15) is 0 Å². The molecule has 0 amide bonds. The molecule has 1 aliphatic heterocycles. The number of nitrogens with zero attached hydrogens (tertiary/aromatic N) is 1. The Morgan fingerprint density at radius 2 is 2.20 bits per heavy atom. The molecule has 0 saturated carbocycles. The zero-order chi connectivity index (χ0) is 14.4. The normalized spacial score (nSPS) is 20.1. The molecule has 0 spiro atoms. The number of ether oxygens (including phenoxy) is 1. The molecule has 20 heavy (non-hydrogen) atoms. The van der Waals surface area contributed by atoms with E-state index in [9.17, 15) is 0 Å². The lowest BCUT2D eigenvalue weighted by atomic mass is 9.98. The fourth-order valence-corrected chi connectivity index (χ4v) is 2.88. The Hall–Kier alpha value is -1.06. The summed E-state index contributed by atoms with van der Waals surface area (Å²) in [6, 6.07) is 6.38. The van der Waals surface area contributed by atoms with E-state index in [1.54, 1.807) is 0 Å². The molecule has 3 heteroatoms. The topological polar surface area (TPSA) is 38.5 Å². The van der Waals surface area contributed by atoms with Crippen LogP contribution in [-0.4, -0.2) is 37.7 Å². The Bertz CT molecular complexity index is 419. The van der Waals surface area contributed by atoms with E-state index < -0.39 is 0 Å². The summed E-state index contributed by atoms with van der Waals surface area (Å²) in [6.07, 6.45) is 3.68. The van der Waals surface area contributed by atoms with Gasteiger partial charge in [-0.05, 0) is 69.3 Å². The van der Waals surface area contributed by atoms with Gasteiger partial charge >= 0.3 is 0 Å². The lowest BCUT2D eigenvalue weighted by Gasteiger charge is -2.32. The van der Waals surface area contributed by atoms with E-state index in [2.05, 4.69) is 36.9 Å². The maximum atomic E-state index is 5.91. The smallest absolute Gasteiger partial charge is 0.122 e. The van der Waals surface area contributed by atoms with E-state index in [-0.39, 0.29) is 0 Å². The molecule has 3 nitrogen and oxygen atoms in total. The van der Waals surface area contributed by atoms with Crippen molar-refractivity contribution in [1.29, 1.82) is 0 Å². The van der Waals surface area contributed by atoms with Crippen LogP contribution in [0.4, 0.5) is 0 Å². The lowest BCUT2D eigenvalue weighted by Crippen LogP contribution is -2.39. The second-order valence-corrected chi connectivity index (χ2v) is 6.02. The van der Waals surface area contributed by atoms with Gasteiger partial charge in [0.05, 0.1) is 6.61 Å². The van der Waals surface area contributed by atoms with Gasteiger partial charge in [-0.1, -0.05) is 12.1 Å². The third kappa shape index (κ3) is 4.50. The third-order valence-electron chi connectivity index (χ3n) is 4.16. The van der Waals surface area contributed by atoms with E-state index in [0.29, 0.717) is 5.92 Å². The van der Waals surface area contributed by atoms with E-state index in [0.717, 1.165) is 31.9 Å². The highest BCUT2D eigenvalue weighted by Crippen LogP contribution is 2.19. The molecule has 1 heterocycles. The summed E-state index contributed by atoms with van der Waals surface area (Å²) in [4.78, 5) is 2.54. The number of hydrogen-bond donors (Lipinski definition) is 1. The molecule has 0 radical (unpaired) electrons. The van der Waals surface area contributed by atoms with Crippen molar-refractivity contribution in [3.63, 3.8) is 0 Å². The molecule has 0 bridgehead atoms. The zero-order valence-electron chi connectivity index (χ0n) is 12.9. The number of likely N-dealkylation sites (tertiary alicyclic amines) is 1. The van der Waals surface area contributed by atoms with Crippen molar-refractivity contribution in [3.8, 4) is 5.75 Å². The van der Waals surface area contributed by atoms with E-state index >= 15 is 0 Å². The molecular weight excluding hydrogens is 248 g/mol. The lowest BCUT2D eigenvalue weighted by molar-refractivity contribution is 0.165. The first kappa shape index (κ1) is 15.3. The highest BCUT2D eigenvalue weighted by molar-refractivity contribution is 5.35. The maximum Gasteiger partial charge on any atom is 0.122 e. The van der Waals surface area contributed by atoms with Gasteiger partial charge in [0, 0.05) is 13.1 Å². The predicted octanol–water partition coefficient (Wildman–Crippen LogP) is 2.74. The minimum Gasteiger partial charge on any atom is -0.493 e. The number of piperidine rings is 1. The van der Waals surface area contributed by atoms with E-state index in [4.69, 9.17) is 10.5 Å². The summed E-state index contributed by atoms with van der Waals surface area (Å²) in [7, 11) is 0. The van der Waals surface area contributed by atoms with Gasteiger partial charge < -0.3 is 15.4 Å². The Morgan fingerprint density at radius 1 is 1.35 bits per heavy atom. The Kier molecular flexibility index (Phi) is 5.86. The Morgan fingerprint density at radius 3 is 3.00 bits per heavy atom. The number of nitrogens with two attached hydrogens (primary N) is 1. The molecule has 1 aromatic carbocycles. The number of hydrogen-bond acceptors (Lipinski definition) is 3. The molecule has 1 atom stereocenters. The van der Waals surface area contributed by atoms with Gasteiger partial charge in [0.1, 0.15) is 5.75 Å². The zero-order valence-corrected chi connectivity index (χ0v) is 12.9. The summed E-state index contributed by atoms with van der Waals surface area (Å²) in [6.45, 7) is 9.35. The third-order valence-corrected chi connectivity index (χ3v) is 4.16. The van der Waals surface area contributed by atoms with Gasteiger partial charge in [0.2, 0.25) is 0 Å².